The Balaban J connectivity index is 3.40. The molecule has 0 aliphatic heterocycles. The lowest BCUT2D eigenvalue weighted by atomic mass is 9.98. The lowest BCUT2D eigenvalue weighted by Crippen LogP contribution is -2.53. The maximum Gasteiger partial charge on any atom is 0.408 e. The molecule has 1 aromatic carbocycles. The number of benzene rings is 1. The summed E-state index contributed by atoms with van der Waals surface area (Å²) in [7, 11) is 0. The van der Waals surface area contributed by atoms with Crippen LogP contribution in [0.3, 0.4) is 0 Å². The molecule has 1 rings (SSSR count). The minimum absolute atomic E-state index is 0.155. The van der Waals surface area contributed by atoms with E-state index in [1.807, 2.05) is 38.1 Å². The van der Waals surface area contributed by atoms with Crippen LogP contribution in [0.15, 0.2) is 24.3 Å². The molecule has 1 aromatic rings. The number of hydrogen-bond acceptors (Lipinski definition) is 4. The number of alkyl carbamates (subject to hydrolysis) is 1. The lowest BCUT2D eigenvalue weighted by Gasteiger charge is -2.35. The third-order valence-corrected chi connectivity index (χ3v) is 6.08. The van der Waals surface area contributed by atoms with E-state index in [2.05, 4.69) is 31.4 Å². The SMILES string of the molecule is CCCCCNC(=O)C(c1ccc(CC)cc1)N(CCCC)C(=O)C(CC(C)C)NC(=O)OC(C)(C)C. The molecule has 0 aliphatic rings. The van der Waals surface area contributed by atoms with Crippen molar-refractivity contribution in [2.45, 2.75) is 118 Å². The highest BCUT2D eigenvalue weighted by atomic mass is 16.6. The minimum atomic E-state index is -0.794. The Morgan fingerprint density at radius 2 is 1.57 bits per heavy atom. The molecule has 0 fully saturated rings. The molecule has 3 amide bonds. The largest absolute Gasteiger partial charge is 0.444 e. The molecule has 7 heteroatoms. The van der Waals surface area contributed by atoms with E-state index in [0.717, 1.165) is 44.1 Å². The summed E-state index contributed by atoms with van der Waals surface area (Å²) in [6.07, 6.45) is 5.31. The second-order valence-corrected chi connectivity index (χ2v) is 11.2. The molecular weight excluding hydrogens is 466 g/mol. The summed E-state index contributed by atoms with van der Waals surface area (Å²) in [6, 6.07) is 6.35. The molecule has 0 bridgehead atoms. The van der Waals surface area contributed by atoms with Gasteiger partial charge in [0, 0.05) is 13.1 Å². The lowest BCUT2D eigenvalue weighted by molar-refractivity contribution is -0.142. The zero-order valence-electron chi connectivity index (χ0n) is 24.5. The Morgan fingerprint density at radius 3 is 2.08 bits per heavy atom. The van der Waals surface area contributed by atoms with Gasteiger partial charge >= 0.3 is 6.09 Å². The van der Waals surface area contributed by atoms with Crippen molar-refractivity contribution in [2.24, 2.45) is 5.92 Å². The van der Waals surface area contributed by atoms with Crippen molar-refractivity contribution in [1.29, 1.82) is 0 Å². The number of carbonyl (C=O) groups excluding carboxylic acids is 3. The van der Waals surface area contributed by atoms with Gasteiger partial charge in [0.15, 0.2) is 0 Å². The van der Waals surface area contributed by atoms with Gasteiger partial charge in [0.2, 0.25) is 11.8 Å². The van der Waals surface area contributed by atoms with Gasteiger partial charge in [0.25, 0.3) is 0 Å². The summed E-state index contributed by atoms with van der Waals surface area (Å²) in [5, 5.41) is 5.86. The molecular formula is C30H51N3O4. The van der Waals surface area contributed by atoms with Crippen molar-refractivity contribution in [1.82, 2.24) is 15.5 Å². The average Bonchev–Trinajstić information content (AvgIpc) is 2.82. The zero-order valence-corrected chi connectivity index (χ0v) is 24.5. The minimum Gasteiger partial charge on any atom is -0.444 e. The van der Waals surface area contributed by atoms with Crippen LogP contribution in [0.5, 0.6) is 0 Å². The number of unbranched alkanes of at least 4 members (excludes halogenated alkanes) is 3. The third kappa shape index (κ3) is 12.0. The normalized spacial score (nSPS) is 13.1. The van der Waals surface area contributed by atoms with Crippen LogP contribution in [0.2, 0.25) is 0 Å². The Bertz CT molecular complexity index is 830. The fraction of sp³-hybridized carbons (Fsp3) is 0.700. The summed E-state index contributed by atoms with van der Waals surface area (Å²) >= 11 is 0. The first-order chi connectivity index (χ1) is 17.4. The quantitative estimate of drug-likeness (QED) is 0.273. The number of amides is 3. The van der Waals surface area contributed by atoms with Gasteiger partial charge < -0.3 is 20.3 Å². The smallest absolute Gasteiger partial charge is 0.408 e. The van der Waals surface area contributed by atoms with Crippen LogP contribution in [-0.4, -0.2) is 47.5 Å². The predicted octanol–water partition coefficient (Wildman–Crippen LogP) is 6.16. The molecule has 0 radical (unpaired) electrons. The van der Waals surface area contributed by atoms with E-state index in [-0.39, 0.29) is 17.7 Å². The van der Waals surface area contributed by atoms with Gasteiger partial charge in [-0.1, -0.05) is 78.1 Å². The summed E-state index contributed by atoms with van der Waals surface area (Å²) in [4.78, 5) is 42.0. The number of ether oxygens (including phenoxy) is 1. The Labute approximate surface area is 225 Å². The van der Waals surface area contributed by atoms with Crippen molar-refractivity contribution < 1.29 is 19.1 Å². The van der Waals surface area contributed by atoms with E-state index < -0.39 is 23.8 Å². The first kappa shape index (κ1) is 32.5. The molecule has 2 atom stereocenters. The molecule has 0 spiro atoms. The van der Waals surface area contributed by atoms with Crippen LogP contribution < -0.4 is 10.6 Å². The molecule has 7 nitrogen and oxygen atoms in total. The Hall–Kier alpha value is -2.57. The van der Waals surface area contributed by atoms with Crippen LogP contribution in [-0.2, 0) is 20.7 Å². The average molecular weight is 518 g/mol. The second kappa shape index (κ2) is 16.3. The van der Waals surface area contributed by atoms with Gasteiger partial charge in [-0.15, -0.1) is 0 Å². The standard InChI is InChI=1S/C30H51N3O4/c1-9-12-14-19-31-27(34)26(24-17-15-23(11-3)16-18-24)33(20-13-10-2)28(35)25(21-22(4)5)32-29(36)37-30(6,7)8/h15-18,22,25-26H,9-14,19-21H2,1-8H3,(H,31,34)(H,32,36). The number of nitrogens with one attached hydrogen (secondary N) is 2. The van der Waals surface area contributed by atoms with Crippen molar-refractivity contribution in [3.8, 4) is 0 Å². The number of hydrogen-bond donors (Lipinski definition) is 2. The van der Waals surface area contributed by atoms with E-state index in [1.54, 1.807) is 25.7 Å². The van der Waals surface area contributed by atoms with Gasteiger partial charge in [-0.2, -0.15) is 0 Å². The molecule has 2 N–H and O–H groups in total. The van der Waals surface area contributed by atoms with Crippen molar-refractivity contribution >= 4 is 17.9 Å². The molecule has 0 saturated carbocycles. The third-order valence-electron chi connectivity index (χ3n) is 6.08. The molecule has 0 saturated heterocycles. The maximum atomic E-state index is 14.1. The van der Waals surface area contributed by atoms with Crippen LogP contribution in [0.4, 0.5) is 4.79 Å². The molecule has 0 aliphatic carbocycles. The van der Waals surface area contributed by atoms with Gasteiger partial charge in [-0.3, -0.25) is 9.59 Å². The summed E-state index contributed by atoms with van der Waals surface area (Å²) in [5.74, 6) is -0.297. The second-order valence-electron chi connectivity index (χ2n) is 11.2. The van der Waals surface area contributed by atoms with E-state index in [4.69, 9.17) is 4.74 Å². The monoisotopic (exact) mass is 517 g/mol. The van der Waals surface area contributed by atoms with E-state index >= 15 is 0 Å². The van der Waals surface area contributed by atoms with Gasteiger partial charge in [-0.05, 0) is 63.5 Å². The van der Waals surface area contributed by atoms with Gasteiger partial charge in [0.05, 0.1) is 0 Å². The van der Waals surface area contributed by atoms with Gasteiger partial charge in [0.1, 0.15) is 17.7 Å². The van der Waals surface area contributed by atoms with Crippen molar-refractivity contribution in [3.63, 3.8) is 0 Å². The zero-order chi connectivity index (χ0) is 28.0. The fourth-order valence-electron chi connectivity index (χ4n) is 4.13. The van der Waals surface area contributed by atoms with E-state index in [1.165, 1.54) is 5.56 Å². The Kier molecular flexibility index (Phi) is 14.3. The summed E-state index contributed by atoms with van der Waals surface area (Å²) in [5.41, 5.74) is 1.26. The van der Waals surface area contributed by atoms with E-state index in [9.17, 15) is 14.4 Å². The number of rotatable bonds is 15. The topological polar surface area (TPSA) is 87.7 Å². The molecule has 210 valence electrons. The number of carbonyl (C=O) groups is 3. The predicted molar refractivity (Wildman–Crippen MR) is 150 cm³/mol. The number of aryl methyl sites for hydroxylation is 1. The molecule has 0 aromatic heterocycles. The van der Waals surface area contributed by atoms with Crippen LogP contribution in [0, 0.1) is 5.92 Å². The molecule has 37 heavy (non-hydrogen) atoms. The maximum absolute atomic E-state index is 14.1. The summed E-state index contributed by atoms with van der Waals surface area (Å²) in [6.45, 7) is 16.6. The first-order valence-electron chi connectivity index (χ1n) is 14.1. The molecule has 0 heterocycles. The van der Waals surface area contributed by atoms with Crippen molar-refractivity contribution in [2.75, 3.05) is 13.1 Å². The van der Waals surface area contributed by atoms with Crippen molar-refractivity contribution in [3.05, 3.63) is 35.4 Å². The number of nitrogens with zero attached hydrogens (tertiary/aromatic N) is 1. The van der Waals surface area contributed by atoms with E-state index in [0.29, 0.717) is 19.5 Å². The van der Waals surface area contributed by atoms with Crippen LogP contribution in [0.1, 0.15) is 111 Å². The Morgan fingerprint density at radius 1 is 0.946 bits per heavy atom. The highest BCUT2D eigenvalue weighted by Crippen LogP contribution is 2.25. The summed E-state index contributed by atoms with van der Waals surface area (Å²) < 4.78 is 5.45. The fourth-order valence-corrected chi connectivity index (χ4v) is 4.13. The van der Waals surface area contributed by atoms with Gasteiger partial charge in [-0.25, -0.2) is 4.79 Å². The highest BCUT2D eigenvalue weighted by molar-refractivity contribution is 5.92. The molecule has 2 unspecified atom stereocenters. The van der Waals surface area contributed by atoms with Crippen LogP contribution in [0.25, 0.3) is 0 Å². The first-order valence-corrected chi connectivity index (χ1v) is 14.1. The highest BCUT2D eigenvalue weighted by Gasteiger charge is 2.36. The van der Waals surface area contributed by atoms with Crippen LogP contribution >= 0.6 is 0 Å².